The third-order valence-electron chi connectivity index (χ3n) is 5.49. The van der Waals surface area contributed by atoms with Gasteiger partial charge in [0.15, 0.2) is 18.0 Å². The second kappa shape index (κ2) is 9.63. The van der Waals surface area contributed by atoms with Crippen LogP contribution in [0.5, 0.6) is 0 Å². The standard InChI is InChI=1S/C24H20F2N2O7/c1-24(26)18(35-21(31)15-10-6-3-7-11-15)17(13-33-20(30)14-8-4-2-5-9-14)34-22(24)28-12-16(25)19(29)27-23(28)32/h2-12,17-18,22H,13H2,1H3,(H,27,29,32)/t17-,18-,22-,24-/m1/s1. The topological polar surface area (TPSA) is 117 Å². The van der Waals surface area contributed by atoms with Gasteiger partial charge in [0.1, 0.15) is 12.7 Å². The summed E-state index contributed by atoms with van der Waals surface area (Å²) in [5, 5.41) is 0. The molecule has 1 aliphatic rings. The van der Waals surface area contributed by atoms with Gasteiger partial charge in [-0.05, 0) is 31.2 Å². The Morgan fingerprint density at radius 1 is 1.03 bits per heavy atom. The molecule has 1 N–H and O–H groups in total. The molecule has 3 aromatic rings. The average Bonchev–Trinajstić information content (AvgIpc) is 3.10. The first-order valence-corrected chi connectivity index (χ1v) is 10.5. The normalized spacial score (nSPS) is 23.6. The monoisotopic (exact) mass is 486 g/mol. The van der Waals surface area contributed by atoms with Crippen molar-refractivity contribution in [1.29, 1.82) is 0 Å². The first-order chi connectivity index (χ1) is 16.7. The predicted molar refractivity (Wildman–Crippen MR) is 117 cm³/mol. The second-order valence-electron chi connectivity index (χ2n) is 7.98. The number of alkyl halides is 1. The summed E-state index contributed by atoms with van der Waals surface area (Å²) in [6.45, 7) is 0.451. The highest BCUT2D eigenvalue weighted by atomic mass is 19.1. The summed E-state index contributed by atoms with van der Waals surface area (Å²) >= 11 is 0. The zero-order valence-electron chi connectivity index (χ0n) is 18.4. The molecule has 11 heteroatoms. The highest BCUT2D eigenvalue weighted by molar-refractivity contribution is 5.90. The van der Waals surface area contributed by atoms with Gasteiger partial charge in [-0.2, -0.15) is 4.39 Å². The maximum Gasteiger partial charge on any atom is 0.338 e. The molecule has 2 aromatic carbocycles. The molecule has 1 saturated heterocycles. The average molecular weight is 486 g/mol. The van der Waals surface area contributed by atoms with E-state index in [1.165, 1.54) is 24.3 Å². The number of nitrogens with zero attached hydrogens (tertiary/aromatic N) is 1. The summed E-state index contributed by atoms with van der Waals surface area (Å²) in [5.74, 6) is -2.97. The Morgan fingerprint density at radius 2 is 1.60 bits per heavy atom. The molecule has 182 valence electrons. The van der Waals surface area contributed by atoms with Gasteiger partial charge in [-0.1, -0.05) is 36.4 Å². The largest absolute Gasteiger partial charge is 0.459 e. The van der Waals surface area contributed by atoms with Crippen LogP contribution in [0.4, 0.5) is 8.78 Å². The van der Waals surface area contributed by atoms with Crippen molar-refractivity contribution in [2.45, 2.75) is 31.0 Å². The van der Waals surface area contributed by atoms with Gasteiger partial charge in [0.05, 0.1) is 17.3 Å². The van der Waals surface area contributed by atoms with Crippen molar-refractivity contribution in [3.63, 3.8) is 0 Å². The summed E-state index contributed by atoms with van der Waals surface area (Å²) in [4.78, 5) is 50.5. The van der Waals surface area contributed by atoms with Crippen molar-refractivity contribution < 1.29 is 32.6 Å². The minimum atomic E-state index is -2.59. The number of nitrogens with one attached hydrogen (secondary N) is 1. The summed E-state index contributed by atoms with van der Waals surface area (Å²) < 4.78 is 46.8. The minimum Gasteiger partial charge on any atom is -0.459 e. The minimum absolute atomic E-state index is 0.124. The lowest BCUT2D eigenvalue weighted by Gasteiger charge is -2.27. The number of carbonyl (C=O) groups excluding carboxylic acids is 2. The molecule has 0 amide bonds. The number of halogens is 2. The Bertz CT molecular complexity index is 1340. The quantitative estimate of drug-likeness (QED) is 0.532. The smallest absolute Gasteiger partial charge is 0.338 e. The highest BCUT2D eigenvalue weighted by Crippen LogP contribution is 2.43. The molecule has 9 nitrogen and oxygen atoms in total. The summed E-state index contributed by atoms with van der Waals surface area (Å²) in [6, 6.07) is 15.7. The fourth-order valence-corrected chi connectivity index (χ4v) is 3.74. The van der Waals surface area contributed by atoms with Gasteiger partial charge in [0.2, 0.25) is 5.82 Å². The van der Waals surface area contributed by atoms with Crippen LogP contribution < -0.4 is 11.2 Å². The van der Waals surface area contributed by atoms with Gasteiger partial charge < -0.3 is 14.2 Å². The number of ether oxygens (including phenoxy) is 3. The van der Waals surface area contributed by atoms with Gasteiger partial charge in [0.25, 0.3) is 5.56 Å². The number of carbonyl (C=O) groups is 2. The van der Waals surface area contributed by atoms with Gasteiger partial charge >= 0.3 is 17.6 Å². The Kier molecular flexibility index (Phi) is 6.61. The first-order valence-electron chi connectivity index (χ1n) is 10.5. The lowest BCUT2D eigenvalue weighted by Crippen LogP contribution is -2.46. The molecule has 0 unspecified atom stereocenters. The number of rotatable bonds is 6. The molecule has 0 aliphatic carbocycles. The maximum atomic E-state index is 16.1. The molecule has 1 aliphatic heterocycles. The number of H-pyrrole nitrogens is 1. The summed E-state index contributed by atoms with van der Waals surface area (Å²) in [6.07, 6.45) is -4.34. The van der Waals surface area contributed by atoms with Gasteiger partial charge in [-0.15, -0.1) is 0 Å². The molecule has 4 rings (SSSR count). The van der Waals surface area contributed by atoms with E-state index in [9.17, 15) is 23.6 Å². The van der Waals surface area contributed by atoms with Gasteiger partial charge in [-0.3, -0.25) is 14.3 Å². The van der Waals surface area contributed by atoms with Crippen LogP contribution in [0.2, 0.25) is 0 Å². The van der Waals surface area contributed by atoms with Crippen LogP contribution in [0, 0.1) is 5.82 Å². The van der Waals surface area contributed by atoms with E-state index in [0.717, 1.165) is 6.92 Å². The molecule has 0 saturated carbocycles. The summed E-state index contributed by atoms with van der Waals surface area (Å²) in [5.41, 5.74) is -4.67. The Balaban J connectivity index is 1.64. The Hall–Kier alpha value is -4.12. The number of aromatic amines is 1. The van der Waals surface area contributed by atoms with Crippen LogP contribution >= 0.6 is 0 Å². The van der Waals surface area contributed by atoms with Crippen LogP contribution in [0.25, 0.3) is 0 Å². The van der Waals surface area contributed by atoms with Crippen molar-refractivity contribution in [2.24, 2.45) is 0 Å². The zero-order valence-corrected chi connectivity index (χ0v) is 18.4. The van der Waals surface area contributed by atoms with Crippen LogP contribution in [0.1, 0.15) is 33.9 Å². The van der Waals surface area contributed by atoms with E-state index < -0.39 is 59.7 Å². The lowest BCUT2D eigenvalue weighted by atomic mass is 9.98. The fraction of sp³-hybridized carbons (Fsp3) is 0.250. The predicted octanol–water partition coefficient (Wildman–Crippen LogP) is 2.38. The van der Waals surface area contributed by atoms with Crippen LogP contribution in [-0.4, -0.2) is 46.0 Å². The number of hydrogen-bond donors (Lipinski definition) is 1. The van der Waals surface area contributed by atoms with Crippen LogP contribution in [0.15, 0.2) is 76.4 Å². The number of esters is 2. The molecule has 1 aromatic heterocycles. The highest BCUT2D eigenvalue weighted by Gasteiger charge is 2.58. The number of aromatic nitrogens is 2. The molecule has 0 bridgehead atoms. The maximum absolute atomic E-state index is 16.1. The molecular weight excluding hydrogens is 466 g/mol. The molecule has 4 atom stereocenters. The lowest BCUT2D eigenvalue weighted by molar-refractivity contribution is -0.0653. The number of benzene rings is 2. The van der Waals surface area contributed by atoms with Gasteiger partial charge in [0, 0.05) is 0 Å². The fourth-order valence-electron chi connectivity index (χ4n) is 3.74. The van der Waals surface area contributed by atoms with Gasteiger partial charge in [-0.25, -0.2) is 18.8 Å². The van der Waals surface area contributed by atoms with E-state index >= 15 is 4.39 Å². The second-order valence-corrected chi connectivity index (χ2v) is 7.98. The summed E-state index contributed by atoms with van der Waals surface area (Å²) in [7, 11) is 0. The van der Waals surface area contributed by atoms with Crippen molar-refractivity contribution in [3.8, 4) is 0 Å². The van der Waals surface area contributed by atoms with E-state index in [4.69, 9.17) is 14.2 Å². The third-order valence-corrected chi connectivity index (χ3v) is 5.49. The van der Waals surface area contributed by atoms with E-state index in [2.05, 4.69) is 0 Å². The Labute approximate surface area is 196 Å². The van der Waals surface area contributed by atoms with E-state index in [0.29, 0.717) is 10.8 Å². The first kappa shape index (κ1) is 24.0. The van der Waals surface area contributed by atoms with Crippen LogP contribution in [-0.2, 0) is 14.2 Å². The molecule has 2 heterocycles. The van der Waals surface area contributed by atoms with E-state index in [1.54, 1.807) is 41.4 Å². The van der Waals surface area contributed by atoms with Crippen LogP contribution in [0.3, 0.4) is 0 Å². The van der Waals surface area contributed by atoms with E-state index in [1.807, 2.05) is 0 Å². The third kappa shape index (κ3) is 4.90. The number of hydrogen-bond acceptors (Lipinski definition) is 7. The van der Waals surface area contributed by atoms with Crippen molar-refractivity contribution >= 4 is 11.9 Å². The molecular formula is C24H20F2N2O7. The molecule has 35 heavy (non-hydrogen) atoms. The van der Waals surface area contributed by atoms with Crippen molar-refractivity contribution in [1.82, 2.24) is 9.55 Å². The zero-order chi connectivity index (χ0) is 25.2. The Morgan fingerprint density at radius 3 is 2.20 bits per heavy atom. The van der Waals surface area contributed by atoms with Crippen molar-refractivity contribution in [3.05, 3.63) is 105 Å². The van der Waals surface area contributed by atoms with E-state index in [-0.39, 0.29) is 11.1 Å². The van der Waals surface area contributed by atoms with Crippen molar-refractivity contribution in [2.75, 3.05) is 6.61 Å². The molecule has 0 spiro atoms. The SMILES string of the molecule is C[C@@]1(F)[C@H](OC(=O)c2ccccc2)[C@@H](COC(=O)c2ccccc2)O[C@H]1n1cc(F)c(=O)[nH]c1=O. The molecule has 0 radical (unpaired) electrons. The molecule has 1 fully saturated rings.